The van der Waals surface area contributed by atoms with E-state index in [0.717, 1.165) is 6.54 Å². The maximum Gasteiger partial charge on any atom is 0.261 e. The molecule has 0 radical (unpaired) electrons. The molecule has 0 unspecified atom stereocenters. The second-order valence-electron chi connectivity index (χ2n) is 6.84. The largest absolute Gasteiger partial charge is 0.261 e. The fraction of sp³-hybridized carbons (Fsp3) is 0.591. The van der Waals surface area contributed by atoms with Gasteiger partial charge in [0.1, 0.15) is 18.1 Å². The molecular formula is C22H35N2+. The van der Waals surface area contributed by atoms with Crippen LogP contribution in [0.3, 0.4) is 0 Å². The van der Waals surface area contributed by atoms with E-state index in [1.807, 2.05) is 0 Å². The molecule has 0 amide bonds. The predicted molar refractivity (Wildman–Crippen MR) is 103 cm³/mol. The standard InChI is InChI=1S/C22H35N2/c1-3-5-7-9-13-17-22-23(18-14-8-6-4-2)19-20-24(22)21-15-11-10-12-16-21/h10-12,15-16,19-20H,3-9,13-14,17-18H2,1-2H3/q+1. The Bertz CT molecular complexity index is 557. The van der Waals surface area contributed by atoms with Gasteiger partial charge in [0, 0.05) is 6.42 Å². The summed E-state index contributed by atoms with van der Waals surface area (Å²) in [5.41, 5.74) is 1.29. The fourth-order valence-corrected chi connectivity index (χ4v) is 3.34. The summed E-state index contributed by atoms with van der Waals surface area (Å²) in [6.07, 6.45) is 17.7. The van der Waals surface area contributed by atoms with E-state index in [-0.39, 0.29) is 0 Å². The molecule has 2 aromatic rings. The van der Waals surface area contributed by atoms with Gasteiger partial charge in [-0.1, -0.05) is 70.6 Å². The molecule has 0 aliphatic carbocycles. The number of hydrogen-bond donors (Lipinski definition) is 0. The van der Waals surface area contributed by atoms with Gasteiger partial charge in [0.05, 0.1) is 6.54 Å². The van der Waals surface area contributed by atoms with Crippen molar-refractivity contribution >= 4 is 0 Å². The van der Waals surface area contributed by atoms with Crippen molar-refractivity contribution in [1.82, 2.24) is 4.57 Å². The van der Waals surface area contributed by atoms with Crippen LogP contribution in [0.2, 0.25) is 0 Å². The van der Waals surface area contributed by atoms with Crippen LogP contribution in [0.1, 0.15) is 77.5 Å². The molecule has 24 heavy (non-hydrogen) atoms. The highest BCUT2D eigenvalue weighted by Gasteiger charge is 2.17. The molecule has 2 nitrogen and oxygen atoms in total. The van der Waals surface area contributed by atoms with Crippen molar-refractivity contribution in [3.63, 3.8) is 0 Å². The zero-order chi connectivity index (χ0) is 17.0. The van der Waals surface area contributed by atoms with Crippen LogP contribution in [0.25, 0.3) is 5.69 Å². The van der Waals surface area contributed by atoms with Crippen LogP contribution in [-0.4, -0.2) is 4.57 Å². The first-order valence-electron chi connectivity index (χ1n) is 10.0. The molecular weight excluding hydrogens is 292 g/mol. The third kappa shape index (κ3) is 5.81. The van der Waals surface area contributed by atoms with Crippen molar-refractivity contribution in [3.05, 3.63) is 48.5 Å². The minimum absolute atomic E-state index is 1.16. The molecule has 0 fully saturated rings. The summed E-state index contributed by atoms with van der Waals surface area (Å²) in [5, 5.41) is 0. The van der Waals surface area contributed by atoms with Gasteiger partial charge >= 0.3 is 0 Å². The Morgan fingerprint density at radius 2 is 1.46 bits per heavy atom. The first-order chi connectivity index (χ1) is 11.9. The number of unbranched alkanes of at least 4 members (excludes halogenated alkanes) is 7. The lowest BCUT2D eigenvalue weighted by atomic mass is 10.1. The summed E-state index contributed by atoms with van der Waals surface area (Å²) in [7, 11) is 0. The summed E-state index contributed by atoms with van der Waals surface area (Å²) in [6, 6.07) is 10.8. The average molecular weight is 328 g/mol. The van der Waals surface area contributed by atoms with Gasteiger partial charge in [0.15, 0.2) is 0 Å². The lowest BCUT2D eigenvalue weighted by molar-refractivity contribution is -0.704. The minimum atomic E-state index is 1.16. The van der Waals surface area contributed by atoms with Gasteiger partial charge in [-0.25, -0.2) is 4.57 Å². The van der Waals surface area contributed by atoms with Gasteiger partial charge in [-0.2, -0.15) is 4.57 Å². The van der Waals surface area contributed by atoms with E-state index < -0.39 is 0 Å². The van der Waals surface area contributed by atoms with Crippen LogP contribution >= 0.6 is 0 Å². The number of aryl methyl sites for hydroxylation is 1. The smallest absolute Gasteiger partial charge is 0.234 e. The van der Waals surface area contributed by atoms with Gasteiger partial charge in [-0.3, -0.25) is 0 Å². The minimum Gasteiger partial charge on any atom is -0.234 e. The number of para-hydroxylation sites is 1. The van der Waals surface area contributed by atoms with Gasteiger partial charge < -0.3 is 0 Å². The van der Waals surface area contributed by atoms with Crippen LogP contribution in [0.5, 0.6) is 0 Å². The summed E-state index contributed by atoms with van der Waals surface area (Å²) in [4.78, 5) is 0. The molecule has 1 aromatic carbocycles. The van der Waals surface area contributed by atoms with Crippen molar-refractivity contribution < 1.29 is 4.57 Å². The number of hydrogen-bond acceptors (Lipinski definition) is 0. The van der Waals surface area contributed by atoms with Crippen LogP contribution in [0.4, 0.5) is 0 Å². The third-order valence-electron chi connectivity index (χ3n) is 4.80. The Morgan fingerprint density at radius 3 is 2.17 bits per heavy atom. The van der Waals surface area contributed by atoms with Crippen LogP contribution in [0, 0.1) is 0 Å². The number of nitrogens with zero attached hydrogens (tertiary/aromatic N) is 2. The van der Waals surface area contributed by atoms with Crippen LogP contribution < -0.4 is 4.57 Å². The van der Waals surface area contributed by atoms with Crippen LogP contribution in [0.15, 0.2) is 42.7 Å². The molecule has 2 heteroatoms. The van der Waals surface area contributed by atoms with E-state index in [2.05, 4.69) is 65.7 Å². The van der Waals surface area contributed by atoms with E-state index in [1.165, 1.54) is 75.7 Å². The molecule has 0 N–H and O–H groups in total. The van der Waals surface area contributed by atoms with Crippen LogP contribution in [-0.2, 0) is 13.0 Å². The maximum absolute atomic E-state index is 2.49. The first kappa shape index (κ1) is 18.8. The zero-order valence-corrected chi connectivity index (χ0v) is 15.7. The highest BCUT2D eigenvalue weighted by Crippen LogP contribution is 2.13. The molecule has 2 rings (SSSR count). The Morgan fingerprint density at radius 1 is 0.792 bits per heavy atom. The number of benzene rings is 1. The zero-order valence-electron chi connectivity index (χ0n) is 15.7. The predicted octanol–water partition coefficient (Wildman–Crippen LogP) is 5.86. The average Bonchev–Trinajstić information content (AvgIpc) is 3.02. The van der Waals surface area contributed by atoms with Gasteiger partial charge in [-0.15, -0.1) is 0 Å². The van der Waals surface area contributed by atoms with Gasteiger partial charge in [-0.05, 0) is 31.4 Å². The molecule has 0 aliphatic heterocycles. The van der Waals surface area contributed by atoms with Crippen molar-refractivity contribution in [2.75, 3.05) is 0 Å². The highest BCUT2D eigenvalue weighted by atomic mass is 15.1. The lowest BCUT2D eigenvalue weighted by Crippen LogP contribution is -2.37. The van der Waals surface area contributed by atoms with Crippen molar-refractivity contribution in [3.8, 4) is 5.69 Å². The van der Waals surface area contributed by atoms with Crippen molar-refractivity contribution in [2.45, 2.75) is 84.6 Å². The molecule has 0 saturated carbocycles. The van der Waals surface area contributed by atoms with E-state index >= 15 is 0 Å². The summed E-state index contributed by atoms with van der Waals surface area (Å²) in [5.74, 6) is 1.47. The summed E-state index contributed by atoms with van der Waals surface area (Å²) in [6.45, 7) is 5.72. The second kappa shape index (κ2) is 11.1. The molecule has 0 bridgehead atoms. The summed E-state index contributed by atoms with van der Waals surface area (Å²) < 4.78 is 4.88. The molecule has 0 atom stereocenters. The summed E-state index contributed by atoms with van der Waals surface area (Å²) >= 11 is 0. The number of rotatable bonds is 12. The quantitative estimate of drug-likeness (QED) is 0.341. The van der Waals surface area contributed by atoms with E-state index in [4.69, 9.17) is 0 Å². The topological polar surface area (TPSA) is 8.81 Å². The van der Waals surface area contributed by atoms with Crippen molar-refractivity contribution in [2.24, 2.45) is 0 Å². The maximum atomic E-state index is 2.49. The Labute approximate surface area is 148 Å². The molecule has 0 spiro atoms. The third-order valence-corrected chi connectivity index (χ3v) is 4.80. The van der Waals surface area contributed by atoms with E-state index in [0.29, 0.717) is 0 Å². The van der Waals surface area contributed by atoms with Gasteiger partial charge in [0.2, 0.25) is 0 Å². The lowest BCUT2D eigenvalue weighted by Gasteiger charge is -2.06. The van der Waals surface area contributed by atoms with Gasteiger partial charge in [0.25, 0.3) is 5.82 Å². The molecule has 132 valence electrons. The first-order valence-corrected chi connectivity index (χ1v) is 10.0. The SMILES string of the molecule is CCCCCCCc1n(-c2ccccc2)cc[n+]1CCCCCC. The highest BCUT2D eigenvalue weighted by molar-refractivity contribution is 5.31. The Hall–Kier alpha value is -1.57. The second-order valence-corrected chi connectivity index (χ2v) is 6.84. The molecule has 0 saturated heterocycles. The van der Waals surface area contributed by atoms with E-state index in [9.17, 15) is 0 Å². The Kier molecular flexibility index (Phi) is 8.65. The van der Waals surface area contributed by atoms with Crippen molar-refractivity contribution in [1.29, 1.82) is 0 Å². The fourth-order valence-electron chi connectivity index (χ4n) is 3.34. The molecule has 1 aromatic heterocycles. The number of aromatic nitrogens is 2. The van der Waals surface area contributed by atoms with E-state index in [1.54, 1.807) is 0 Å². The molecule has 1 heterocycles. The Balaban J connectivity index is 2.04. The monoisotopic (exact) mass is 327 g/mol. The normalized spacial score (nSPS) is 11.1. The number of imidazole rings is 1. The molecule has 0 aliphatic rings.